The molecule has 3 aromatic rings. The Balaban J connectivity index is 1.76. The molecule has 8 heteroatoms. The van der Waals surface area contributed by atoms with E-state index in [0.29, 0.717) is 29.5 Å². The highest BCUT2D eigenvalue weighted by atomic mass is 32.2. The van der Waals surface area contributed by atoms with Gasteiger partial charge in [-0.05, 0) is 25.1 Å². The number of methoxy groups -OCH3 is 3. The van der Waals surface area contributed by atoms with Gasteiger partial charge >= 0.3 is 0 Å². The molecule has 0 aliphatic carbocycles. The van der Waals surface area contributed by atoms with Crippen molar-refractivity contribution in [2.24, 2.45) is 0 Å². The minimum atomic E-state index is -0.189. The zero-order valence-corrected chi connectivity index (χ0v) is 17.7. The molecule has 1 aliphatic heterocycles. The molecule has 0 spiro atoms. The number of pyridine rings is 1. The Morgan fingerprint density at radius 3 is 2.55 bits per heavy atom. The van der Waals surface area contributed by atoms with E-state index in [0.717, 1.165) is 22.7 Å². The topological polar surface area (TPSA) is 65.3 Å². The molecule has 0 radical (unpaired) electrons. The highest BCUT2D eigenvalue weighted by Crippen LogP contribution is 2.46. The number of carbonyl (C=O) groups is 1. The molecule has 2 aromatic heterocycles. The van der Waals surface area contributed by atoms with Gasteiger partial charge in [-0.2, -0.15) is 0 Å². The second kappa shape index (κ2) is 7.87. The molecular weight excluding hydrogens is 390 g/mol. The summed E-state index contributed by atoms with van der Waals surface area (Å²) in [5.74, 6) is 2.65. The van der Waals surface area contributed by atoms with Crippen LogP contribution in [0.3, 0.4) is 0 Å². The maximum Gasteiger partial charge on any atom is 0.273 e. The molecule has 0 bridgehead atoms. The van der Waals surface area contributed by atoms with Gasteiger partial charge in [0.05, 0.1) is 27.0 Å². The fraction of sp³-hybridized carbons (Fsp3) is 0.333. The molecule has 1 atom stereocenters. The summed E-state index contributed by atoms with van der Waals surface area (Å²) in [7, 11) is 4.80. The predicted octanol–water partition coefficient (Wildman–Crippen LogP) is 3.56. The minimum absolute atomic E-state index is 0.0481. The zero-order chi connectivity index (χ0) is 20.5. The summed E-state index contributed by atoms with van der Waals surface area (Å²) in [6.45, 7) is 2.51. The number of imidazole rings is 1. The third kappa shape index (κ3) is 3.27. The molecule has 1 unspecified atom stereocenters. The Hall–Kier alpha value is -2.87. The van der Waals surface area contributed by atoms with Crippen molar-refractivity contribution in [1.82, 2.24) is 14.3 Å². The average molecular weight is 413 g/mol. The van der Waals surface area contributed by atoms with Crippen LogP contribution < -0.4 is 14.2 Å². The van der Waals surface area contributed by atoms with Crippen LogP contribution in [0.2, 0.25) is 0 Å². The SMILES string of the molecule is COc1cc(OC)c(C2SCCN2C(=O)c2c(C)nc3ccccn23)cc1OC. The van der Waals surface area contributed by atoms with Gasteiger partial charge in [0.15, 0.2) is 11.5 Å². The third-order valence-corrected chi connectivity index (χ3v) is 6.30. The molecule has 7 nitrogen and oxygen atoms in total. The van der Waals surface area contributed by atoms with Crippen LogP contribution in [0.4, 0.5) is 0 Å². The number of carbonyl (C=O) groups excluding carboxylic acids is 1. The van der Waals surface area contributed by atoms with Gasteiger partial charge < -0.3 is 19.1 Å². The molecule has 152 valence electrons. The van der Waals surface area contributed by atoms with Gasteiger partial charge in [0.2, 0.25) is 0 Å². The van der Waals surface area contributed by atoms with E-state index in [-0.39, 0.29) is 11.3 Å². The first-order chi connectivity index (χ1) is 14.1. The molecular formula is C21H23N3O4S. The maximum atomic E-state index is 13.6. The van der Waals surface area contributed by atoms with Crippen molar-refractivity contribution < 1.29 is 19.0 Å². The van der Waals surface area contributed by atoms with Gasteiger partial charge in [-0.15, -0.1) is 11.8 Å². The summed E-state index contributed by atoms with van der Waals surface area (Å²) < 4.78 is 18.3. The van der Waals surface area contributed by atoms with Crippen molar-refractivity contribution in [1.29, 1.82) is 0 Å². The Morgan fingerprint density at radius 1 is 1.10 bits per heavy atom. The highest BCUT2D eigenvalue weighted by Gasteiger charge is 2.36. The summed E-state index contributed by atoms with van der Waals surface area (Å²) >= 11 is 1.70. The second-order valence-electron chi connectivity index (χ2n) is 6.65. The quantitative estimate of drug-likeness (QED) is 0.637. The van der Waals surface area contributed by atoms with Gasteiger partial charge in [-0.25, -0.2) is 4.98 Å². The standard InChI is InChI=1S/C21H23N3O4S/c1-13-19(23-8-6-5-7-18(23)22-13)20(25)24-9-10-29-21(24)14-11-16(27-3)17(28-4)12-15(14)26-2/h5-8,11-12,21H,9-10H2,1-4H3. The van der Waals surface area contributed by atoms with Crippen LogP contribution in [0.15, 0.2) is 36.5 Å². The summed E-state index contributed by atoms with van der Waals surface area (Å²) in [6.07, 6.45) is 1.87. The van der Waals surface area contributed by atoms with Crippen molar-refractivity contribution in [3.05, 3.63) is 53.5 Å². The van der Waals surface area contributed by atoms with E-state index < -0.39 is 0 Å². The Morgan fingerprint density at radius 2 is 1.83 bits per heavy atom. The largest absolute Gasteiger partial charge is 0.496 e. The van der Waals surface area contributed by atoms with E-state index in [1.54, 1.807) is 39.2 Å². The van der Waals surface area contributed by atoms with Crippen LogP contribution in [0.1, 0.15) is 27.1 Å². The first-order valence-electron chi connectivity index (χ1n) is 9.25. The van der Waals surface area contributed by atoms with Crippen molar-refractivity contribution in [3.8, 4) is 17.2 Å². The van der Waals surface area contributed by atoms with Gasteiger partial charge in [0.1, 0.15) is 22.5 Å². The number of fused-ring (bicyclic) bond motifs is 1. The van der Waals surface area contributed by atoms with Crippen LogP contribution >= 0.6 is 11.8 Å². The van der Waals surface area contributed by atoms with Crippen LogP contribution in [0.5, 0.6) is 17.2 Å². The lowest BCUT2D eigenvalue weighted by Gasteiger charge is -2.26. The van der Waals surface area contributed by atoms with E-state index in [1.807, 2.05) is 46.7 Å². The molecule has 1 amide bonds. The normalized spacial score (nSPS) is 16.3. The Bertz CT molecular complexity index is 1070. The minimum Gasteiger partial charge on any atom is -0.496 e. The third-order valence-electron chi connectivity index (χ3n) is 5.06. The number of thioether (sulfide) groups is 1. The summed E-state index contributed by atoms with van der Waals surface area (Å²) in [5, 5.41) is -0.189. The molecule has 1 saturated heterocycles. The van der Waals surface area contributed by atoms with Crippen molar-refractivity contribution in [2.45, 2.75) is 12.3 Å². The van der Waals surface area contributed by atoms with Crippen LogP contribution in [-0.4, -0.2) is 53.8 Å². The zero-order valence-electron chi connectivity index (χ0n) is 16.8. The monoisotopic (exact) mass is 413 g/mol. The van der Waals surface area contributed by atoms with Crippen molar-refractivity contribution >= 4 is 23.3 Å². The van der Waals surface area contributed by atoms with E-state index in [9.17, 15) is 4.79 Å². The molecule has 0 N–H and O–H groups in total. The van der Waals surface area contributed by atoms with Crippen LogP contribution in [0, 0.1) is 6.92 Å². The number of aromatic nitrogens is 2. The lowest BCUT2D eigenvalue weighted by Crippen LogP contribution is -2.32. The summed E-state index contributed by atoms with van der Waals surface area (Å²) in [5.41, 5.74) is 2.96. The molecule has 3 heterocycles. The highest BCUT2D eigenvalue weighted by molar-refractivity contribution is 7.99. The van der Waals surface area contributed by atoms with Gasteiger partial charge in [0.25, 0.3) is 5.91 Å². The lowest BCUT2D eigenvalue weighted by atomic mass is 10.1. The number of hydrogen-bond donors (Lipinski definition) is 0. The number of benzene rings is 1. The number of amides is 1. The van der Waals surface area contributed by atoms with Crippen LogP contribution in [0.25, 0.3) is 5.65 Å². The van der Waals surface area contributed by atoms with E-state index in [2.05, 4.69) is 4.98 Å². The van der Waals surface area contributed by atoms with E-state index in [1.165, 1.54) is 0 Å². The molecule has 29 heavy (non-hydrogen) atoms. The van der Waals surface area contributed by atoms with Gasteiger partial charge in [-0.1, -0.05) is 6.07 Å². The van der Waals surface area contributed by atoms with E-state index >= 15 is 0 Å². The molecule has 1 fully saturated rings. The maximum absolute atomic E-state index is 13.6. The molecule has 0 saturated carbocycles. The van der Waals surface area contributed by atoms with E-state index in [4.69, 9.17) is 14.2 Å². The molecule has 1 aliphatic rings. The number of aryl methyl sites for hydroxylation is 1. The Labute approximate surface area is 173 Å². The second-order valence-corrected chi connectivity index (χ2v) is 7.83. The fourth-order valence-corrected chi connectivity index (χ4v) is 4.96. The van der Waals surface area contributed by atoms with Crippen LogP contribution in [-0.2, 0) is 0 Å². The summed E-state index contributed by atoms with van der Waals surface area (Å²) in [4.78, 5) is 20.0. The number of ether oxygens (including phenoxy) is 3. The van der Waals surface area contributed by atoms with Gasteiger partial charge in [-0.3, -0.25) is 9.20 Å². The predicted molar refractivity (Wildman–Crippen MR) is 112 cm³/mol. The average Bonchev–Trinajstić information content (AvgIpc) is 3.36. The summed E-state index contributed by atoms with van der Waals surface area (Å²) in [6, 6.07) is 9.41. The number of nitrogens with zero attached hydrogens (tertiary/aromatic N) is 3. The van der Waals surface area contributed by atoms with Crippen molar-refractivity contribution in [3.63, 3.8) is 0 Å². The molecule has 4 rings (SSSR count). The first-order valence-corrected chi connectivity index (χ1v) is 10.3. The smallest absolute Gasteiger partial charge is 0.273 e. The molecule has 1 aromatic carbocycles. The lowest BCUT2D eigenvalue weighted by molar-refractivity contribution is 0.0751. The number of hydrogen-bond acceptors (Lipinski definition) is 6. The van der Waals surface area contributed by atoms with Crippen molar-refractivity contribution in [2.75, 3.05) is 33.6 Å². The first kappa shape index (κ1) is 19.4. The fourth-order valence-electron chi connectivity index (χ4n) is 3.69. The van der Waals surface area contributed by atoms with Gasteiger partial charge in [0, 0.05) is 30.1 Å². The Kier molecular flexibility index (Phi) is 5.27. The number of rotatable bonds is 5.